The molecular formula is C19H20N2O7S. The van der Waals surface area contributed by atoms with Gasteiger partial charge in [-0.3, -0.25) is 14.9 Å². The van der Waals surface area contributed by atoms with Gasteiger partial charge in [0.1, 0.15) is 11.5 Å². The summed E-state index contributed by atoms with van der Waals surface area (Å²) < 4.78 is 38.7. The van der Waals surface area contributed by atoms with Crippen LogP contribution in [0.2, 0.25) is 0 Å². The Morgan fingerprint density at radius 3 is 2.28 bits per heavy atom. The molecule has 1 aliphatic heterocycles. The smallest absolute Gasteiger partial charge is 0.308 e. The predicted molar refractivity (Wildman–Crippen MR) is 103 cm³/mol. The number of benzene rings is 2. The third-order valence-electron chi connectivity index (χ3n) is 4.54. The van der Waals surface area contributed by atoms with Gasteiger partial charge in [0.25, 0.3) is 5.69 Å². The lowest BCUT2D eigenvalue weighted by atomic mass is 10.1. The van der Waals surface area contributed by atoms with Gasteiger partial charge in [0.15, 0.2) is 0 Å². The van der Waals surface area contributed by atoms with Gasteiger partial charge in [-0.25, -0.2) is 8.42 Å². The maximum absolute atomic E-state index is 13.3. The summed E-state index contributed by atoms with van der Waals surface area (Å²) in [6.45, 7) is 4.71. The molecule has 9 nitrogen and oxygen atoms in total. The molecule has 1 heterocycles. The van der Waals surface area contributed by atoms with E-state index in [4.69, 9.17) is 9.47 Å². The second-order valence-electron chi connectivity index (χ2n) is 6.99. The Morgan fingerprint density at radius 1 is 1.17 bits per heavy atom. The molecule has 1 saturated heterocycles. The lowest BCUT2D eigenvalue weighted by molar-refractivity contribution is -0.384. The van der Waals surface area contributed by atoms with Gasteiger partial charge in [0.2, 0.25) is 10.0 Å². The Balaban J connectivity index is 1.97. The molecule has 0 aromatic heterocycles. The molecule has 1 fully saturated rings. The first kappa shape index (κ1) is 20.9. The van der Waals surface area contributed by atoms with Crippen LogP contribution in [-0.2, 0) is 19.6 Å². The Labute approximate surface area is 168 Å². The van der Waals surface area contributed by atoms with Gasteiger partial charge in [-0.05, 0) is 43.7 Å². The number of non-ortho nitro benzene ring substituents is 1. The summed E-state index contributed by atoms with van der Waals surface area (Å²) in [5, 5.41) is 10.8. The van der Waals surface area contributed by atoms with E-state index in [1.807, 2.05) is 0 Å². The van der Waals surface area contributed by atoms with Gasteiger partial charge in [-0.15, -0.1) is 0 Å². The molecule has 1 unspecified atom stereocenters. The molecule has 3 rings (SSSR count). The molecule has 10 heteroatoms. The van der Waals surface area contributed by atoms with Crippen molar-refractivity contribution in [3.05, 3.63) is 64.2 Å². The number of nitro benzene ring substituents is 1. The topological polar surface area (TPSA) is 116 Å². The number of esters is 1. The first-order valence-corrected chi connectivity index (χ1v) is 10.2. The maximum atomic E-state index is 13.3. The first-order chi connectivity index (χ1) is 13.5. The number of carbonyl (C=O) groups excluding carboxylic acids is 1. The Kier molecular flexibility index (Phi) is 5.44. The van der Waals surface area contributed by atoms with E-state index in [2.05, 4.69) is 0 Å². The lowest BCUT2D eigenvalue weighted by Gasteiger charge is -2.32. The molecule has 0 amide bonds. The number of ether oxygens (including phenoxy) is 2. The standard InChI is InChI=1S/C19H20N2O7S/c1-13(22)28-16-8-4-14(5-9-16)18-12-27-19(2,3)20(18)29(25,26)17-10-6-15(7-11-17)21(23)24/h4-11,18H,12H2,1-3H3. The van der Waals surface area contributed by atoms with E-state index in [-0.39, 0.29) is 17.2 Å². The number of nitro groups is 1. The number of hydrogen-bond acceptors (Lipinski definition) is 7. The third kappa shape index (κ3) is 4.14. The van der Waals surface area contributed by atoms with Gasteiger partial charge >= 0.3 is 5.97 Å². The second kappa shape index (κ2) is 7.54. The third-order valence-corrected chi connectivity index (χ3v) is 6.62. The Bertz CT molecular complexity index is 1030. The van der Waals surface area contributed by atoms with Crippen molar-refractivity contribution in [1.82, 2.24) is 4.31 Å². The summed E-state index contributed by atoms with van der Waals surface area (Å²) in [4.78, 5) is 21.3. The van der Waals surface area contributed by atoms with Crippen molar-refractivity contribution >= 4 is 21.7 Å². The zero-order valence-corrected chi connectivity index (χ0v) is 16.9. The molecule has 0 spiro atoms. The monoisotopic (exact) mass is 420 g/mol. The summed E-state index contributed by atoms with van der Waals surface area (Å²) in [6, 6.07) is 10.6. The minimum absolute atomic E-state index is 0.0665. The fraction of sp³-hybridized carbons (Fsp3) is 0.316. The van der Waals surface area contributed by atoms with Crippen LogP contribution in [0.3, 0.4) is 0 Å². The highest BCUT2D eigenvalue weighted by atomic mass is 32.2. The summed E-state index contributed by atoms with van der Waals surface area (Å²) in [7, 11) is -4.01. The quantitative estimate of drug-likeness (QED) is 0.316. The number of sulfonamides is 1. The molecule has 0 saturated carbocycles. The van der Waals surface area contributed by atoms with Crippen LogP contribution in [-0.4, -0.2) is 35.9 Å². The van der Waals surface area contributed by atoms with Gasteiger partial charge in [0.05, 0.1) is 22.5 Å². The van der Waals surface area contributed by atoms with Gasteiger partial charge in [-0.2, -0.15) is 4.31 Å². The fourth-order valence-corrected chi connectivity index (χ4v) is 5.11. The van der Waals surface area contributed by atoms with E-state index in [9.17, 15) is 23.3 Å². The maximum Gasteiger partial charge on any atom is 0.308 e. The molecule has 2 aromatic rings. The molecule has 0 aliphatic carbocycles. The van der Waals surface area contributed by atoms with Gasteiger partial charge < -0.3 is 9.47 Å². The first-order valence-electron chi connectivity index (χ1n) is 8.74. The minimum Gasteiger partial charge on any atom is -0.427 e. The molecule has 29 heavy (non-hydrogen) atoms. The molecule has 1 atom stereocenters. The zero-order valence-electron chi connectivity index (χ0n) is 16.1. The number of hydrogen-bond donors (Lipinski definition) is 0. The van der Waals surface area contributed by atoms with E-state index in [0.29, 0.717) is 11.3 Å². The number of nitrogens with zero attached hydrogens (tertiary/aromatic N) is 2. The second-order valence-corrected chi connectivity index (χ2v) is 8.80. The van der Waals surface area contributed by atoms with Crippen molar-refractivity contribution in [1.29, 1.82) is 0 Å². The average molecular weight is 420 g/mol. The highest BCUT2D eigenvalue weighted by Crippen LogP contribution is 2.41. The van der Waals surface area contributed by atoms with Gasteiger partial charge in [-0.1, -0.05) is 12.1 Å². The van der Waals surface area contributed by atoms with E-state index in [1.54, 1.807) is 38.1 Å². The highest BCUT2D eigenvalue weighted by Gasteiger charge is 2.49. The van der Waals surface area contributed by atoms with Crippen molar-refractivity contribution < 1.29 is 27.6 Å². The van der Waals surface area contributed by atoms with E-state index >= 15 is 0 Å². The van der Waals surface area contributed by atoms with Crippen molar-refractivity contribution in [2.75, 3.05) is 6.61 Å². The van der Waals surface area contributed by atoms with Crippen LogP contribution in [0, 0.1) is 10.1 Å². The SMILES string of the molecule is CC(=O)Oc1ccc(C2COC(C)(C)N2S(=O)(=O)c2ccc([N+](=O)[O-])cc2)cc1. The lowest BCUT2D eigenvalue weighted by Crippen LogP contribution is -2.44. The molecule has 0 bridgehead atoms. The minimum atomic E-state index is -4.01. The molecule has 1 aliphatic rings. The molecule has 0 radical (unpaired) electrons. The van der Waals surface area contributed by atoms with Crippen LogP contribution in [0.1, 0.15) is 32.4 Å². The number of rotatable bonds is 5. The van der Waals surface area contributed by atoms with Crippen molar-refractivity contribution in [3.8, 4) is 5.75 Å². The highest BCUT2D eigenvalue weighted by molar-refractivity contribution is 7.89. The van der Waals surface area contributed by atoms with Crippen LogP contribution in [0.15, 0.2) is 53.4 Å². The van der Waals surface area contributed by atoms with Crippen LogP contribution in [0.4, 0.5) is 5.69 Å². The van der Waals surface area contributed by atoms with Crippen LogP contribution in [0.25, 0.3) is 0 Å². The normalized spacial score (nSPS) is 19.1. The summed E-state index contributed by atoms with van der Waals surface area (Å²) in [5.74, 6) is -0.102. The fourth-order valence-electron chi connectivity index (χ4n) is 3.26. The van der Waals surface area contributed by atoms with Crippen LogP contribution >= 0.6 is 0 Å². The number of carbonyl (C=O) groups is 1. The van der Waals surface area contributed by atoms with Crippen LogP contribution < -0.4 is 4.74 Å². The Hall–Kier alpha value is -2.82. The average Bonchev–Trinajstić information content (AvgIpc) is 2.98. The summed E-state index contributed by atoms with van der Waals surface area (Å²) in [5.41, 5.74) is -0.657. The van der Waals surface area contributed by atoms with Crippen LogP contribution in [0.5, 0.6) is 5.75 Å². The molecule has 154 valence electrons. The van der Waals surface area contributed by atoms with Gasteiger partial charge in [0, 0.05) is 19.1 Å². The summed E-state index contributed by atoms with van der Waals surface area (Å²) >= 11 is 0. The molecular weight excluding hydrogens is 400 g/mol. The van der Waals surface area contributed by atoms with Crippen molar-refractivity contribution in [2.24, 2.45) is 0 Å². The zero-order chi connectivity index (χ0) is 21.4. The molecule has 0 N–H and O–H groups in total. The summed E-state index contributed by atoms with van der Waals surface area (Å²) in [6.07, 6.45) is 0. The van der Waals surface area contributed by atoms with Crippen molar-refractivity contribution in [2.45, 2.75) is 37.4 Å². The Morgan fingerprint density at radius 2 is 1.76 bits per heavy atom. The predicted octanol–water partition coefficient (Wildman–Crippen LogP) is 3.02. The van der Waals surface area contributed by atoms with E-state index in [1.165, 1.54) is 23.4 Å². The largest absolute Gasteiger partial charge is 0.427 e. The van der Waals surface area contributed by atoms with E-state index < -0.39 is 32.7 Å². The molecule has 2 aromatic carbocycles. The van der Waals surface area contributed by atoms with Crippen molar-refractivity contribution in [3.63, 3.8) is 0 Å². The van der Waals surface area contributed by atoms with E-state index in [0.717, 1.165) is 12.1 Å².